The van der Waals surface area contributed by atoms with Crippen LogP contribution >= 0.6 is 0 Å². The lowest BCUT2D eigenvalue weighted by atomic mass is 9.90. The molecule has 0 aromatic carbocycles. The van der Waals surface area contributed by atoms with Crippen molar-refractivity contribution < 1.29 is 0 Å². The molecule has 1 heteroatoms. The van der Waals surface area contributed by atoms with E-state index in [0.29, 0.717) is 5.41 Å². The van der Waals surface area contributed by atoms with E-state index >= 15 is 0 Å². The Bertz CT molecular complexity index is 184. The van der Waals surface area contributed by atoms with Crippen LogP contribution in [0.5, 0.6) is 0 Å². The lowest BCUT2D eigenvalue weighted by molar-refractivity contribution is 0.323. The summed E-state index contributed by atoms with van der Waals surface area (Å²) in [5.41, 5.74) is 0.694. The molecule has 1 rings (SSSR count). The summed E-state index contributed by atoms with van der Waals surface area (Å²) in [6.45, 7) is 8.02. The van der Waals surface area contributed by atoms with Crippen LogP contribution in [0.1, 0.15) is 85.0 Å². The zero-order chi connectivity index (χ0) is 12.6. The molecule has 1 unspecified atom stereocenters. The van der Waals surface area contributed by atoms with Gasteiger partial charge in [0.2, 0.25) is 0 Å². The summed E-state index contributed by atoms with van der Waals surface area (Å²) in [7, 11) is 0. The second-order valence-electron chi connectivity index (χ2n) is 6.01. The van der Waals surface area contributed by atoms with Crippen LogP contribution in [-0.2, 0) is 0 Å². The molecule has 0 spiro atoms. The van der Waals surface area contributed by atoms with Crippen molar-refractivity contribution in [1.29, 1.82) is 0 Å². The number of hydrogen-bond donors (Lipinski definition) is 1. The smallest absolute Gasteiger partial charge is 0.00950 e. The van der Waals surface area contributed by atoms with E-state index in [0.717, 1.165) is 12.6 Å². The minimum atomic E-state index is 0.694. The lowest BCUT2D eigenvalue weighted by Crippen LogP contribution is -2.34. The Balaban J connectivity index is 1.98. The first-order chi connectivity index (χ1) is 8.25. The molecule has 0 heterocycles. The highest BCUT2D eigenvalue weighted by Gasteiger charge is 2.45. The highest BCUT2D eigenvalue weighted by Crippen LogP contribution is 2.52. The summed E-state index contributed by atoms with van der Waals surface area (Å²) in [5, 5.41) is 3.62. The molecule has 0 amide bonds. The zero-order valence-corrected chi connectivity index (χ0v) is 12.4. The van der Waals surface area contributed by atoms with E-state index in [9.17, 15) is 0 Å². The van der Waals surface area contributed by atoms with Crippen LogP contribution in [0.25, 0.3) is 0 Å². The summed E-state index contributed by atoms with van der Waals surface area (Å²) in [6, 6.07) is 0.743. The predicted octanol–water partition coefficient (Wildman–Crippen LogP) is 4.91. The first-order valence-electron chi connectivity index (χ1n) is 7.98. The fourth-order valence-electron chi connectivity index (χ4n) is 3.02. The first-order valence-corrected chi connectivity index (χ1v) is 7.98. The Morgan fingerprint density at radius 1 is 0.941 bits per heavy atom. The van der Waals surface area contributed by atoms with Crippen molar-refractivity contribution in [3.8, 4) is 0 Å². The van der Waals surface area contributed by atoms with Gasteiger partial charge in [-0.2, -0.15) is 0 Å². The molecule has 1 aliphatic rings. The molecule has 0 bridgehead atoms. The largest absolute Gasteiger partial charge is 0.314 e. The van der Waals surface area contributed by atoms with E-state index in [1.54, 1.807) is 0 Å². The fourth-order valence-corrected chi connectivity index (χ4v) is 3.02. The van der Waals surface area contributed by atoms with E-state index < -0.39 is 0 Å². The van der Waals surface area contributed by atoms with Crippen molar-refractivity contribution in [3.63, 3.8) is 0 Å². The molecule has 1 atom stereocenters. The van der Waals surface area contributed by atoms with Gasteiger partial charge in [0, 0.05) is 6.04 Å². The number of rotatable bonds is 11. The minimum absolute atomic E-state index is 0.694. The van der Waals surface area contributed by atoms with Gasteiger partial charge >= 0.3 is 0 Å². The summed E-state index contributed by atoms with van der Waals surface area (Å²) in [6.07, 6.45) is 14.5. The van der Waals surface area contributed by atoms with Gasteiger partial charge in [-0.25, -0.2) is 0 Å². The normalized spacial score (nSPS) is 19.2. The third kappa shape index (κ3) is 5.42. The molecule has 1 fully saturated rings. The minimum Gasteiger partial charge on any atom is -0.314 e. The maximum absolute atomic E-state index is 3.62. The molecule has 1 N–H and O–H groups in total. The maximum atomic E-state index is 3.62. The van der Waals surface area contributed by atoms with Crippen LogP contribution in [-0.4, -0.2) is 12.6 Å². The van der Waals surface area contributed by atoms with Gasteiger partial charge in [-0.1, -0.05) is 58.8 Å². The standard InChI is InChI=1S/C16H33N/c1-4-6-7-8-9-10-11-12-16(13-14-16)15(3)17-5-2/h15,17H,4-14H2,1-3H3. The molecular formula is C16H33N. The van der Waals surface area contributed by atoms with Gasteiger partial charge in [-0.3, -0.25) is 0 Å². The van der Waals surface area contributed by atoms with Gasteiger partial charge in [0.05, 0.1) is 0 Å². The monoisotopic (exact) mass is 239 g/mol. The van der Waals surface area contributed by atoms with Crippen molar-refractivity contribution in [3.05, 3.63) is 0 Å². The highest BCUT2D eigenvalue weighted by molar-refractivity contribution is 4.99. The summed E-state index contributed by atoms with van der Waals surface area (Å²) in [4.78, 5) is 0. The second kappa shape index (κ2) is 8.13. The maximum Gasteiger partial charge on any atom is 0.00950 e. The zero-order valence-electron chi connectivity index (χ0n) is 12.4. The Kier molecular flexibility index (Phi) is 7.18. The van der Waals surface area contributed by atoms with Crippen molar-refractivity contribution in [2.45, 2.75) is 91.0 Å². The molecule has 17 heavy (non-hydrogen) atoms. The van der Waals surface area contributed by atoms with Gasteiger partial charge in [-0.15, -0.1) is 0 Å². The molecule has 0 radical (unpaired) electrons. The van der Waals surface area contributed by atoms with E-state index in [1.807, 2.05) is 0 Å². The molecule has 1 aliphatic carbocycles. The molecule has 102 valence electrons. The average molecular weight is 239 g/mol. The molecule has 0 saturated heterocycles. The first kappa shape index (κ1) is 15.0. The van der Waals surface area contributed by atoms with Crippen LogP contribution in [0.2, 0.25) is 0 Å². The number of hydrogen-bond acceptors (Lipinski definition) is 1. The third-order valence-electron chi connectivity index (χ3n) is 4.60. The van der Waals surface area contributed by atoms with E-state index in [1.165, 1.54) is 64.2 Å². The van der Waals surface area contributed by atoms with Crippen LogP contribution in [0.15, 0.2) is 0 Å². The molecular weight excluding hydrogens is 206 g/mol. The van der Waals surface area contributed by atoms with E-state index in [4.69, 9.17) is 0 Å². The Labute approximate surface area is 109 Å². The van der Waals surface area contributed by atoms with Crippen molar-refractivity contribution in [1.82, 2.24) is 5.32 Å². The Hall–Kier alpha value is -0.0400. The quantitative estimate of drug-likeness (QED) is 0.505. The average Bonchev–Trinajstić information content (AvgIpc) is 3.09. The van der Waals surface area contributed by atoms with Crippen molar-refractivity contribution in [2.75, 3.05) is 6.54 Å². The van der Waals surface area contributed by atoms with Crippen LogP contribution in [0.3, 0.4) is 0 Å². The topological polar surface area (TPSA) is 12.0 Å². The molecule has 1 nitrogen and oxygen atoms in total. The number of nitrogens with one attached hydrogen (secondary N) is 1. The van der Waals surface area contributed by atoms with Gasteiger partial charge in [0.15, 0.2) is 0 Å². The summed E-state index contributed by atoms with van der Waals surface area (Å²) in [5.74, 6) is 0. The Morgan fingerprint density at radius 2 is 1.53 bits per heavy atom. The van der Waals surface area contributed by atoms with Crippen LogP contribution in [0.4, 0.5) is 0 Å². The highest BCUT2D eigenvalue weighted by atomic mass is 14.9. The van der Waals surface area contributed by atoms with E-state index in [2.05, 4.69) is 26.1 Å². The third-order valence-corrected chi connectivity index (χ3v) is 4.60. The molecule has 0 aromatic heterocycles. The van der Waals surface area contributed by atoms with E-state index in [-0.39, 0.29) is 0 Å². The molecule has 0 aromatic rings. The van der Waals surface area contributed by atoms with Gasteiger partial charge < -0.3 is 5.32 Å². The second-order valence-corrected chi connectivity index (χ2v) is 6.01. The lowest BCUT2D eigenvalue weighted by Gasteiger charge is -2.24. The summed E-state index contributed by atoms with van der Waals surface area (Å²) < 4.78 is 0. The summed E-state index contributed by atoms with van der Waals surface area (Å²) >= 11 is 0. The van der Waals surface area contributed by atoms with Crippen LogP contribution < -0.4 is 5.32 Å². The van der Waals surface area contributed by atoms with Gasteiger partial charge in [0.25, 0.3) is 0 Å². The molecule has 0 aliphatic heterocycles. The SMILES string of the molecule is CCCCCCCCCC1(C(C)NCC)CC1. The van der Waals surface area contributed by atoms with Gasteiger partial charge in [-0.05, 0) is 38.1 Å². The Morgan fingerprint density at radius 3 is 2.06 bits per heavy atom. The fraction of sp³-hybridized carbons (Fsp3) is 1.00. The van der Waals surface area contributed by atoms with Crippen molar-refractivity contribution in [2.24, 2.45) is 5.41 Å². The molecule has 1 saturated carbocycles. The van der Waals surface area contributed by atoms with Crippen molar-refractivity contribution >= 4 is 0 Å². The van der Waals surface area contributed by atoms with Crippen LogP contribution in [0, 0.1) is 5.41 Å². The number of unbranched alkanes of at least 4 members (excludes halogenated alkanes) is 6. The predicted molar refractivity (Wildman–Crippen MR) is 77.4 cm³/mol. The van der Waals surface area contributed by atoms with Gasteiger partial charge in [0.1, 0.15) is 0 Å².